The molecule has 0 aliphatic carbocycles. The lowest BCUT2D eigenvalue weighted by molar-refractivity contribution is -0.384. The number of hydrogen-bond acceptors (Lipinski definition) is 4. The zero-order chi connectivity index (χ0) is 14.9. The van der Waals surface area contributed by atoms with Gasteiger partial charge in [-0.3, -0.25) is 10.1 Å². The molecule has 2 rings (SSSR count). The summed E-state index contributed by atoms with van der Waals surface area (Å²) in [7, 11) is 0. The van der Waals surface area contributed by atoms with E-state index in [2.05, 4.69) is 13.8 Å². The monoisotopic (exact) mass is 278 g/mol. The summed E-state index contributed by atoms with van der Waals surface area (Å²) in [5.41, 5.74) is 0.322. The van der Waals surface area contributed by atoms with Crippen LogP contribution in [0.5, 0.6) is 0 Å². The van der Waals surface area contributed by atoms with Crippen molar-refractivity contribution in [3.05, 3.63) is 33.9 Å². The maximum Gasteiger partial charge on any atom is 0.335 e. The van der Waals surface area contributed by atoms with Crippen molar-refractivity contribution < 1.29 is 14.8 Å². The van der Waals surface area contributed by atoms with E-state index in [9.17, 15) is 14.9 Å². The molecule has 0 bridgehead atoms. The predicted octanol–water partition coefficient (Wildman–Crippen LogP) is 2.92. The Bertz CT molecular complexity index is 544. The van der Waals surface area contributed by atoms with E-state index in [0.29, 0.717) is 11.6 Å². The molecule has 108 valence electrons. The first kappa shape index (κ1) is 14.3. The lowest BCUT2D eigenvalue weighted by Gasteiger charge is -2.39. The number of anilines is 1. The Hall–Kier alpha value is -2.11. The van der Waals surface area contributed by atoms with Crippen molar-refractivity contribution in [3.8, 4) is 0 Å². The maximum atomic E-state index is 11.2. The number of nitro benzene ring substituents is 1. The molecule has 1 N–H and O–H groups in total. The third-order valence-electron chi connectivity index (χ3n) is 4.10. The Morgan fingerprint density at radius 1 is 1.45 bits per heavy atom. The van der Waals surface area contributed by atoms with E-state index in [1.54, 1.807) is 6.07 Å². The van der Waals surface area contributed by atoms with Crippen molar-refractivity contribution in [2.24, 2.45) is 5.92 Å². The van der Waals surface area contributed by atoms with Gasteiger partial charge in [0.05, 0.1) is 10.5 Å². The zero-order valence-electron chi connectivity index (χ0n) is 11.6. The van der Waals surface area contributed by atoms with Crippen molar-refractivity contribution in [3.63, 3.8) is 0 Å². The number of nitrogens with zero attached hydrogens (tertiary/aromatic N) is 2. The average Bonchev–Trinajstić information content (AvgIpc) is 2.41. The number of benzene rings is 1. The Morgan fingerprint density at radius 3 is 2.75 bits per heavy atom. The molecule has 6 nitrogen and oxygen atoms in total. The van der Waals surface area contributed by atoms with E-state index in [-0.39, 0.29) is 17.3 Å². The van der Waals surface area contributed by atoms with E-state index in [4.69, 9.17) is 5.11 Å². The normalized spacial score (nSPS) is 22.6. The molecule has 1 aromatic carbocycles. The van der Waals surface area contributed by atoms with Gasteiger partial charge in [-0.1, -0.05) is 6.92 Å². The van der Waals surface area contributed by atoms with Crippen LogP contribution in [0, 0.1) is 16.0 Å². The minimum Gasteiger partial charge on any atom is -0.478 e. The summed E-state index contributed by atoms with van der Waals surface area (Å²) in [6, 6.07) is 4.33. The van der Waals surface area contributed by atoms with Crippen LogP contribution in [-0.2, 0) is 0 Å². The second-order valence-corrected chi connectivity index (χ2v) is 5.32. The molecule has 0 aromatic heterocycles. The van der Waals surface area contributed by atoms with Crippen LogP contribution in [0.3, 0.4) is 0 Å². The first-order valence-electron chi connectivity index (χ1n) is 6.70. The molecule has 20 heavy (non-hydrogen) atoms. The Kier molecular flexibility index (Phi) is 3.92. The van der Waals surface area contributed by atoms with Crippen molar-refractivity contribution in [1.82, 2.24) is 0 Å². The Morgan fingerprint density at radius 2 is 2.15 bits per heavy atom. The second-order valence-electron chi connectivity index (χ2n) is 5.32. The van der Waals surface area contributed by atoms with Gasteiger partial charge < -0.3 is 10.0 Å². The highest BCUT2D eigenvalue weighted by Gasteiger charge is 2.30. The van der Waals surface area contributed by atoms with Gasteiger partial charge in [0.1, 0.15) is 5.69 Å². The van der Waals surface area contributed by atoms with Gasteiger partial charge in [0.25, 0.3) is 5.69 Å². The predicted molar refractivity (Wildman–Crippen MR) is 75.3 cm³/mol. The summed E-state index contributed by atoms with van der Waals surface area (Å²) < 4.78 is 0. The van der Waals surface area contributed by atoms with Gasteiger partial charge >= 0.3 is 5.97 Å². The molecule has 1 fully saturated rings. The van der Waals surface area contributed by atoms with Gasteiger partial charge in [-0.05, 0) is 37.8 Å². The van der Waals surface area contributed by atoms with Crippen LogP contribution in [0.25, 0.3) is 0 Å². The third-order valence-corrected chi connectivity index (χ3v) is 4.10. The standard InChI is InChI=1S/C14H18N2O4/c1-9-4-3-7-15(10(9)2)12-6-5-11(14(17)18)8-13(12)16(19)20/h5-6,8-10H,3-4,7H2,1-2H3,(H,17,18). The summed E-state index contributed by atoms with van der Waals surface area (Å²) in [4.78, 5) is 23.7. The van der Waals surface area contributed by atoms with Crippen LogP contribution in [0.15, 0.2) is 18.2 Å². The largest absolute Gasteiger partial charge is 0.478 e. The van der Waals surface area contributed by atoms with Crippen LogP contribution >= 0.6 is 0 Å². The van der Waals surface area contributed by atoms with E-state index in [1.807, 2.05) is 4.90 Å². The van der Waals surface area contributed by atoms with Gasteiger partial charge in [-0.15, -0.1) is 0 Å². The third kappa shape index (κ3) is 2.59. The molecule has 1 heterocycles. The number of carbonyl (C=O) groups is 1. The molecule has 1 saturated heterocycles. The first-order chi connectivity index (χ1) is 9.41. The fraction of sp³-hybridized carbons (Fsp3) is 0.500. The van der Waals surface area contributed by atoms with Crippen molar-refractivity contribution in [2.45, 2.75) is 32.7 Å². The molecule has 6 heteroatoms. The first-order valence-corrected chi connectivity index (χ1v) is 6.70. The molecule has 0 saturated carbocycles. The van der Waals surface area contributed by atoms with Crippen LogP contribution < -0.4 is 4.90 Å². The van der Waals surface area contributed by atoms with E-state index >= 15 is 0 Å². The number of piperidine rings is 1. The Labute approximate surface area is 117 Å². The van der Waals surface area contributed by atoms with Crippen molar-refractivity contribution >= 4 is 17.3 Å². The van der Waals surface area contributed by atoms with Gasteiger partial charge in [0.15, 0.2) is 0 Å². The van der Waals surface area contributed by atoms with Gasteiger partial charge in [0, 0.05) is 18.7 Å². The quantitative estimate of drug-likeness (QED) is 0.679. The smallest absolute Gasteiger partial charge is 0.335 e. The number of carboxylic acids is 1. The second kappa shape index (κ2) is 5.48. The molecule has 2 unspecified atom stereocenters. The van der Waals surface area contributed by atoms with E-state index in [1.165, 1.54) is 6.07 Å². The highest BCUT2D eigenvalue weighted by atomic mass is 16.6. The molecular weight excluding hydrogens is 260 g/mol. The number of rotatable bonds is 3. The fourth-order valence-corrected chi connectivity index (χ4v) is 2.72. The highest BCUT2D eigenvalue weighted by molar-refractivity contribution is 5.89. The summed E-state index contributed by atoms with van der Waals surface area (Å²) >= 11 is 0. The van der Waals surface area contributed by atoms with Crippen LogP contribution in [0.1, 0.15) is 37.0 Å². The summed E-state index contributed by atoms with van der Waals surface area (Å²) in [5, 5.41) is 20.2. The lowest BCUT2D eigenvalue weighted by atomic mass is 9.91. The fourth-order valence-electron chi connectivity index (χ4n) is 2.72. The Balaban J connectivity index is 2.45. The van der Waals surface area contributed by atoms with Gasteiger partial charge in [0.2, 0.25) is 0 Å². The molecule has 1 aliphatic heterocycles. The maximum absolute atomic E-state index is 11.2. The van der Waals surface area contributed by atoms with Crippen molar-refractivity contribution in [1.29, 1.82) is 0 Å². The topological polar surface area (TPSA) is 83.7 Å². The van der Waals surface area contributed by atoms with E-state index in [0.717, 1.165) is 25.5 Å². The number of hydrogen-bond donors (Lipinski definition) is 1. The average molecular weight is 278 g/mol. The summed E-state index contributed by atoms with van der Waals surface area (Å²) in [6.07, 6.45) is 2.10. The molecule has 2 atom stereocenters. The molecule has 1 aliphatic rings. The summed E-state index contributed by atoms with van der Waals surface area (Å²) in [6.45, 7) is 4.95. The SMILES string of the molecule is CC1CCCN(c2ccc(C(=O)O)cc2[N+](=O)[O-])C1C. The molecule has 0 radical (unpaired) electrons. The van der Waals surface area contributed by atoms with E-state index < -0.39 is 10.9 Å². The zero-order valence-corrected chi connectivity index (χ0v) is 11.6. The minimum absolute atomic E-state index is 0.0573. The van der Waals surface area contributed by atoms with Crippen LogP contribution in [-0.4, -0.2) is 28.6 Å². The molecule has 1 aromatic rings. The highest BCUT2D eigenvalue weighted by Crippen LogP contribution is 2.35. The molecular formula is C14H18N2O4. The van der Waals surface area contributed by atoms with Crippen LogP contribution in [0.4, 0.5) is 11.4 Å². The summed E-state index contributed by atoms with van der Waals surface area (Å²) in [5.74, 6) is -0.692. The van der Waals surface area contributed by atoms with Gasteiger partial charge in [-0.25, -0.2) is 4.79 Å². The van der Waals surface area contributed by atoms with Crippen molar-refractivity contribution in [2.75, 3.05) is 11.4 Å². The molecule has 0 spiro atoms. The number of aromatic carboxylic acids is 1. The number of carboxylic acid groups (broad SMARTS) is 1. The number of nitro groups is 1. The lowest BCUT2D eigenvalue weighted by Crippen LogP contribution is -2.42. The minimum atomic E-state index is -1.15. The van der Waals surface area contributed by atoms with Crippen LogP contribution in [0.2, 0.25) is 0 Å². The van der Waals surface area contributed by atoms with Gasteiger partial charge in [-0.2, -0.15) is 0 Å². The molecule has 0 amide bonds.